The lowest BCUT2D eigenvalue weighted by Gasteiger charge is -2.22. The maximum absolute atomic E-state index is 3.60. The first-order chi connectivity index (χ1) is 8.16. The second kappa shape index (κ2) is 5.68. The van der Waals surface area contributed by atoms with E-state index in [2.05, 4.69) is 44.3 Å². The third-order valence-corrected chi connectivity index (χ3v) is 3.64. The van der Waals surface area contributed by atoms with Crippen LogP contribution in [0.3, 0.4) is 0 Å². The van der Waals surface area contributed by atoms with Gasteiger partial charge in [0.05, 0.1) is 0 Å². The number of nitrogens with one attached hydrogen (secondary N) is 1. The highest BCUT2D eigenvalue weighted by Crippen LogP contribution is 2.25. The Morgan fingerprint density at radius 2 is 1.88 bits per heavy atom. The van der Waals surface area contributed by atoms with E-state index in [1.807, 2.05) is 0 Å². The molecule has 1 aromatic rings. The van der Waals surface area contributed by atoms with Crippen molar-refractivity contribution in [1.82, 2.24) is 5.32 Å². The first kappa shape index (κ1) is 12.6. The minimum absolute atomic E-state index is 0.573. The summed E-state index contributed by atoms with van der Waals surface area (Å²) in [5.41, 5.74) is 4.82. The summed E-state index contributed by atoms with van der Waals surface area (Å²) in [6.45, 7) is 6.73. The highest BCUT2D eigenvalue weighted by molar-refractivity contribution is 5.37. The van der Waals surface area contributed by atoms with Crippen LogP contribution in [0.4, 0.5) is 0 Å². The van der Waals surface area contributed by atoms with Gasteiger partial charge in [-0.15, -0.1) is 0 Å². The smallest absolute Gasteiger partial charge is 0.00816 e. The van der Waals surface area contributed by atoms with Gasteiger partial charge in [0.15, 0.2) is 0 Å². The first-order valence-corrected chi connectivity index (χ1v) is 7.02. The Morgan fingerprint density at radius 1 is 1.12 bits per heavy atom. The van der Waals surface area contributed by atoms with Gasteiger partial charge in [-0.1, -0.05) is 32.0 Å². The van der Waals surface area contributed by atoms with Crippen LogP contribution in [0.15, 0.2) is 18.2 Å². The van der Waals surface area contributed by atoms with Gasteiger partial charge in [0, 0.05) is 12.1 Å². The Labute approximate surface area is 106 Å². The number of hydrogen-bond acceptors (Lipinski definition) is 1. The van der Waals surface area contributed by atoms with Crippen LogP contribution in [0.1, 0.15) is 50.3 Å². The lowest BCUT2D eigenvalue weighted by molar-refractivity contribution is 0.485. The van der Waals surface area contributed by atoms with E-state index in [1.165, 1.54) is 32.1 Å². The van der Waals surface area contributed by atoms with Gasteiger partial charge in [0.2, 0.25) is 0 Å². The van der Waals surface area contributed by atoms with Crippen molar-refractivity contribution in [2.75, 3.05) is 0 Å². The SMILES string of the molecule is CC(C)NC(C)Cc1cccc2c1CCCC2. The fourth-order valence-corrected chi connectivity index (χ4v) is 3.01. The van der Waals surface area contributed by atoms with E-state index in [4.69, 9.17) is 0 Å². The standard InChI is InChI=1S/C16H25N/c1-12(2)17-13(3)11-15-9-6-8-14-7-4-5-10-16(14)15/h6,8-9,12-13,17H,4-5,7,10-11H2,1-3H3. The number of hydrogen-bond donors (Lipinski definition) is 1. The van der Waals surface area contributed by atoms with Crippen LogP contribution in [0.2, 0.25) is 0 Å². The Balaban J connectivity index is 2.10. The maximum Gasteiger partial charge on any atom is 0.00816 e. The van der Waals surface area contributed by atoms with Gasteiger partial charge in [0.1, 0.15) is 0 Å². The summed E-state index contributed by atoms with van der Waals surface area (Å²) in [6, 6.07) is 8.02. The molecule has 1 N–H and O–H groups in total. The third kappa shape index (κ3) is 3.32. The third-order valence-electron chi connectivity index (χ3n) is 3.64. The number of fused-ring (bicyclic) bond motifs is 1. The summed E-state index contributed by atoms with van der Waals surface area (Å²) in [5, 5.41) is 3.60. The number of aryl methyl sites for hydroxylation is 1. The monoisotopic (exact) mass is 231 g/mol. The maximum atomic E-state index is 3.60. The largest absolute Gasteiger partial charge is 0.312 e. The van der Waals surface area contributed by atoms with Crippen LogP contribution < -0.4 is 5.32 Å². The molecule has 0 aromatic heterocycles. The molecule has 1 nitrogen and oxygen atoms in total. The molecule has 0 aliphatic heterocycles. The molecule has 0 radical (unpaired) electrons. The molecule has 0 saturated carbocycles. The van der Waals surface area contributed by atoms with Crippen LogP contribution in [0, 0.1) is 0 Å². The molecule has 1 unspecified atom stereocenters. The van der Waals surface area contributed by atoms with Gasteiger partial charge in [-0.05, 0) is 55.7 Å². The van der Waals surface area contributed by atoms with Crippen LogP contribution in [0.5, 0.6) is 0 Å². The zero-order chi connectivity index (χ0) is 12.3. The second-order valence-electron chi connectivity index (χ2n) is 5.69. The zero-order valence-corrected chi connectivity index (χ0v) is 11.4. The van der Waals surface area contributed by atoms with E-state index >= 15 is 0 Å². The minimum atomic E-state index is 0.573. The summed E-state index contributed by atoms with van der Waals surface area (Å²) in [4.78, 5) is 0. The van der Waals surface area contributed by atoms with Crippen LogP contribution in [0.25, 0.3) is 0 Å². The minimum Gasteiger partial charge on any atom is -0.312 e. The topological polar surface area (TPSA) is 12.0 Å². The molecule has 1 aliphatic carbocycles. The molecule has 0 heterocycles. The van der Waals surface area contributed by atoms with Crippen LogP contribution in [-0.2, 0) is 19.3 Å². The van der Waals surface area contributed by atoms with Gasteiger partial charge in [-0.2, -0.15) is 0 Å². The van der Waals surface area contributed by atoms with Crippen molar-refractivity contribution in [3.63, 3.8) is 0 Å². The highest BCUT2D eigenvalue weighted by atomic mass is 14.9. The summed E-state index contributed by atoms with van der Waals surface area (Å²) >= 11 is 0. The van der Waals surface area contributed by atoms with Crippen molar-refractivity contribution < 1.29 is 0 Å². The highest BCUT2D eigenvalue weighted by Gasteiger charge is 2.14. The molecule has 1 atom stereocenters. The summed E-state index contributed by atoms with van der Waals surface area (Å²) < 4.78 is 0. The lowest BCUT2D eigenvalue weighted by atomic mass is 9.86. The molecule has 0 saturated heterocycles. The van der Waals surface area contributed by atoms with E-state index in [1.54, 1.807) is 16.7 Å². The second-order valence-corrected chi connectivity index (χ2v) is 5.69. The number of benzene rings is 1. The van der Waals surface area contributed by atoms with Crippen molar-refractivity contribution in [3.05, 3.63) is 34.9 Å². The van der Waals surface area contributed by atoms with Crippen LogP contribution in [-0.4, -0.2) is 12.1 Å². The van der Waals surface area contributed by atoms with E-state index in [-0.39, 0.29) is 0 Å². The summed E-state index contributed by atoms with van der Waals surface area (Å²) in [6.07, 6.45) is 6.49. The molecule has 0 amide bonds. The molecular formula is C16H25N. The molecule has 17 heavy (non-hydrogen) atoms. The predicted molar refractivity (Wildman–Crippen MR) is 74.5 cm³/mol. The van der Waals surface area contributed by atoms with E-state index in [0.29, 0.717) is 12.1 Å². The van der Waals surface area contributed by atoms with E-state index in [9.17, 15) is 0 Å². The molecule has 1 heteroatoms. The van der Waals surface area contributed by atoms with Crippen molar-refractivity contribution in [2.45, 2.75) is 65.0 Å². The average Bonchev–Trinajstić information content (AvgIpc) is 2.28. The van der Waals surface area contributed by atoms with E-state index < -0.39 is 0 Å². The van der Waals surface area contributed by atoms with Gasteiger partial charge < -0.3 is 5.32 Å². The van der Waals surface area contributed by atoms with E-state index in [0.717, 1.165) is 0 Å². The van der Waals surface area contributed by atoms with Gasteiger partial charge in [0.25, 0.3) is 0 Å². The van der Waals surface area contributed by atoms with Crippen molar-refractivity contribution in [1.29, 1.82) is 0 Å². The van der Waals surface area contributed by atoms with Gasteiger partial charge in [-0.25, -0.2) is 0 Å². The molecule has 1 aromatic carbocycles. The molecule has 0 bridgehead atoms. The Morgan fingerprint density at radius 3 is 2.65 bits per heavy atom. The Bertz CT molecular complexity index is 368. The van der Waals surface area contributed by atoms with Gasteiger partial charge >= 0.3 is 0 Å². The Kier molecular flexibility index (Phi) is 4.22. The fraction of sp³-hybridized carbons (Fsp3) is 0.625. The summed E-state index contributed by atoms with van der Waals surface area (Å²) in [7, 11) is 0. The van der Waals surface area contributed by atoms with Gasteiger partial charge in [-0.3, -0.25) is 0 Å². The first-order valence-electron chi connectivity index (χ1n) is 7.02. The van der Waals surface area contributed by atoms with Crippen molar-refractivity contribution in [3.8, 4) is 0 Å². The summed E-state index contributed by atoms with van der Waals surface area (Å²) in [5.74, 6) is 0. The average molecular weight is 231 g/mol. The van der Waals surface area contributed by atoms with Crippen molar-refractivity contribution in [2.24, 2.45) is 0 Å². The fourth-order valence-electron chi connectivity index (χ4n) is 3.01. The lowest BCUT2D eigenvalue weighted by Crippen LogP contribution is -2.34. The Hall–Kier alpha value is -0.820. The van der Waals surface area contributed by atoms with Crippen molar-refractivity contribution >= 4 is 0 Å². The van der Waals surface area contributed by atoms with Crippen LogP contribution >= 0.6 is 0 Å². The predicted octanol–water partition coefficient (Wildman–Crippen LogP) is 3.49. The molecular weight excluding hydrogens is 206 g/mol. The zero-order valence-electron chi connectivity index (χ0n) is 11.4. The molecule has 94 valence electrons. The molecule has 0 fully saturated rings. The number of rotatable bonds is 4. The molecule has 1 aliphatic rings. The quantitative estimate of drug-likeness (QED) is 0.836. The molecule has 0 spiro atoms. The normalized spacial score (nSPS) is 16.9. The molecule has 2 rings (SSSR count).